The lowest BCUT2D eigenvalue weighted by atomic mass is 10.0. The molecule has 1 saturated heterocycles. The molecule has 0 radical (unpaired) electrons. The maximum atomic E-state index is 11.5. The van der Waals surface area contributed by atoms with Crippen molar-refractivity contribution in [3.05, 3.63) is 94.7 Å². The quantitative estimate of drug-likeness (QED) is 0.426. The average molecular weight is 467 g/mol. The molecule has 8 heteroatoms. The van der Waals surface area contributed by atoms with E-state index in [-0.39, 0.29) is 24.4 Å². The van der Waals surface area contributed by atoms with Crippen molar-refractivity contribution in [2.24, 2.45) is 5.73 Å². The van der Waals surface area contributed by atoms with Gasteiger partial charge in [0.1, 0.15) is 5.03 Å². The normalized spacial score (nSPS) is 20.5. The molecule has 1 aromatic heterocycles. The highest BCUT2D eigenvalue weighted by Gasteiger charge is 2.32. The van der Waals surface area contributed by atoms with Gasteiger partial charge in [-0.15, -0.1) is 11.8 Å². The zero-order chi connectivity index (χ0) is 23.2. The largest absolute Gasteiger partial charge is 0.478 e. The van der Waals surface area contributed by atoms with Crippen LogP contribution in [0.3, 0.4) is 0 Å². The maximum absolute atomic E-state index is 11.5. The molecule has 0 saturated carbocycles. The van der Waals surface area contributed by atoms with Gasteiger partial charge in [0.25, 0.3) is 0 Å². The third-order valence-electron chi connectivity index (χ3n) is 5.51. The first-order valence-electron chi connectivity index (χ1n) is 10.7. The van der Waals surface area contributed by atoms with Crippen LogP contribution < -0.4 is 5.73 Å². The lowest BCUT2D eigenvalue weighted by molar-refractivity contribution is -0.245. The van der Waals surface area contributed by atoms with Gasteiger partial charge >= 0.3 is 5.97 Å². The molecule has 4 N–H and O–H groups in total. The van der Waals surface area contributed by atoms with Crippen LogP contribution in [0.2, 0.25) is 0 Å². The summed E-state index contributed by atoms with van der Waals surface area (Å²) >= 11 is 1.37. The van der Waals surface area contributed by atoms with Gasteiger partial charge in [0.05, 0.1) is 24.4 Å². The molecular formula is C25H26N2O5S. The highest BCUT2D eigenvalue weighted by Crippen LogP contribution is 2.39. The third-order valence-corrected chi connectivity index (χ3v) is 6.65. The minimum absolute atomic E-state index is 0.0136. The number of pyridine rings is 1. The van der Waals surface area contributed by atoms with E-state index in [0.717, 1.165) is 22.3 Å². The standard InChI is InChI=1S/C25H26N2O5S/c26-13-16-3-9-19(10-4-16)25-31-20(15-33-23-21(24(29)30)2-1-11-27-23)12-22(32-25)18-7-5-17(14-28)6-8-18/h1-11,20,22,25,28H,12-15,26H2,(H,29,30)/t20-,22+,25?/m0/s1. The van der Waals surface area contributed by atoms with E-state index in [1.54, 1.807) is 18.3 Å². The van der Waals surface area contributed by atoms with E-state index >= 15 is 0 Å². The van der Waals surface area contributed by atoms with Crippen molar-refractivity contribution < 1.29 is 24.5 Å². The molecule has 1 unspecified atom stereocenters. The van der Waals surface area contributed by atoms with Crippen molar-refractivity contribution in [2.45, 2.75) is 43.1 Å². The molecule has 0 spiro atoms. The topological polar surface area (TPSA) is 115 Å². The van der Waals surface area contributed by atoms with E-state index in [0.29, 0.717) is 23.7 Å². The number of hydrogen-bond donors (Lipinski definition) is 3. The van der Waals surface area contributed by atoms with Gasteiger partial charge in [-0.05, 0) is 28.8 Å². The number of benzene rings is 2. The first kappa shape index (κ1) is 23.4. The van der Waals surface area contributed by atoms with Crippen molar-refractivity contribution >= 4 is 17.7 Å². The fourth-order valence-corrected chi connectivity index (χ4v) is 4.68. The molecule has 7 nitrogen and oxygen atoms in total. The number of aliphatic hydroxyl groups excluding tert-OH is 1. The Bertz CT molecular complexity index is 1020. The van der Waals surface area contributed by atoms with Crippen LogP contribution in [0, 0.1) is 0 Å². The predicted molar refractivity (Wildman–Crippen MR) is 125 cm³/mol. The minimum atomic E-state index is -1.00. The number of hydrogen-bond acceptors (Lipinski definition) is 7. The van der Waals surface area contributed by atoms with Gasteiger partial charge in [-0.2, -0.15) is 0 Å². The molecule has 4 rings (SSSR count). The summed E-state index contributed by atoms with van der Waals surface area (Å²) in [5, 5.41) is 19.2. The van der Waals surface area contributed by atoms with E-state index < -0.39 is 12.3 Å². The van der Waals surface area contributed by atoms with Crippen LogP contribution in [-0.4, -0.2) is 33.0 Å². The zero-order valence-electron chi connectivity index (χ0n) is 18.0. The van der Waals surface area contributed by atoms with E-state index in [4.69, 9.17) is 15.2 Å². The highest BCUT2D eigenvalue weighted by atomic mass is 32.2. The summed E-state index contributed by atoms with van der Waals surface area (Å²) in [6.45, 7) is 0.446. The van der Waals surface area contributed by atoms with E-state index in [1.807, 2.05) is 48.5 Å². The van der Waals surface area contributed by atoms with Crippen molar-refractivity contribution in [2.75, 3.05) is 5.75 Å². The second-order valence-electron chi connectivity index (χ2n) is 7.77. The number of carboxylic acid groups (broad SMARTS) is 1. The summed E-state index contributed by atoms with van der Waals surface area (Å²) in [5.74, 6) is -0.471. The first-order valence-corrected chi connectivity index (χ1v) is 11.7. The second kappa shape index (κ2) is 10.9. The summed E-state index contributed by atoms with van der Waals surface area (Å²) < 4.78 is 12.6. The van der Waals surface area contributed by atoms with E-state index in [1.165, 1.54) is 11.8 Å². The molecule has 0 bridgehead atoms. The Labute approximate surface area is 196 Å². The van der Waals surface area contributed by atoms with Gasteiger partial charge in [-0.25, -0.2) is 9.78 Å². The Morgan fingerprint density at radius 1 is 1.03 bits per heavy atom. The van der Waals surface area contributed by atoms with Crippen LogP contribution >= 0.6 is 11.8 Å². The van der Waals surface area contributed by atoms with Crippen molar-refractivity contribution in [1.82, 2.24) is 4.98 Å². The SMILES string of the molecule is NCc1ccc(C2O[C@H](CSc3ncccc3C(=O)O)C[C@H](c3ccc(CO)cc3)O2)cc1. The zero-order valence-corrected chi connectivity index (χ0v) is 18.8. The van der Waals surface area contributed by atoms with E-state index in [2.05, 4.69) is 4.98 Å². The van der Waals surface area contributed by atoms with Gasteiger partial charge in [0.2, 0.25) is 0 Å². The summed E-state index contributed by atoms with van der Waals surface area (Å²) in [6.07, 6.45) is 1.24. The number of aromatic nitrogens is 1. The molecule has 0 aliphatic carbocycles. The van der Waals surface area contributed by atoms with Gasteiger partial charge in [0, 0.05) is 30.5 Å². The fraction of sp³-hybridized carbons (Fsp3) is 0.280. The number of carbonyl (C=O) groups is 1. The lowest BCUT2D eigenvalue weighted by Crippen LogP contribution is -2.31. The average Bonchev–Trinajstić information content (AvgIpc) is 2.87. The van der Waals surface area contributed by atoms with Crippen LogP contribution in [0.5, 0.6) is 0 Å². The molecule has 0 amide bonds. The predicted octanol–water partition coefficient (Wildman–Crippen LogP) is 4.07. The molecule has 2 aromatic carbocycles. The molecular weight excluding hydrogens is 440 g/mol. The Morgan fingerprint density at radius 2 is 1.73 bits per heavy atom. The molecule has 2 heterocycles. The van der Waals surface area contributed by atoms with Crippen LogP contribution in [0.1, 0.15) is 51.4 Å². The molecule has 1 aliphatic heterocycles. The number of nitrogens with zero attached hydrogens (tertiary/aromatic N) is 1. The summed E-state index contributed by atoms with van der Waals surface area (Å²) in [7, 11) is 0. The summed E-state index contributed by atoms with van der Waals surface area (Å²) in [6, 6.07) is 18.7. The minimum Gasteiger partial charge on any atom is -0.478 e. The number of aliphatic hydroxyl groups is 1. The Morgan fingerprint density at radius 3 is 2.39 bits per heavy atom. The van der Waals surface area contributed by atoms with Gasteiger partial charge < -0.3 is 25.4 Å². The molecule has 1 aliphatic rings. The number of thioether (sulfide) groups is 1. The van der Waals surface area contributed by atoms with Gasteiger partial charge in [-0.1, -0.05) is 48.5 Å². The van der Waals surface area contributed by atoms with Crippen molar-refractivity contribution in [1.29, 1.82) is 0 Å². The Kier molecular flexibility index (Phi) is 7.74. The fourth-order valence-electron chi connectivity index (χ4n) is 3.67. The number of ether oxygens (including phenoxy) is 2. The molecule has 3 aromatic rings. The van der Waals surface area contributed by atoms with Gasteiger partial charge in [-0.3, -0.25) is 0 Å². The van der Waals surface area contributed by atoms with Crippen molar-refractivity contribution in [3.8, 4) is 0 Å². The molecule has 33 heavy (non-hydrogen) atoms. The number of carboxylic acids is 1. The summed E-state index contributed by atoms with van der Waals surface area (Å²) in [5.41, 5.74) is 9.65. The molecule has 3 atom stereocenters. The van der Waals surface area contributed by atoms with Crippen LogP contribution in [0.15, 0.2) is 71.9 Å². The second-order valence-corrected chi connectivity index (χ2v) is 8.78. The maximum Gasteiger partial charge on any atom is 0.338 e. The van der Waals surface area contributed by atoms with Crippen LogP contribution in [0.4, 0.5) is 0 Å². The molecule has 172 valence electrons. The Hall–Kier alpha value is -2.75. The third kappa shape index (κ3) is 5.79. The number of aromatic carboxylic acids is 1. The van der Waals surface area contributed by atoms with Gasteiger partial charge in [0.15, 0.2) is 6.29 Å². The summed E-state index contributed by atoms with van der Waals surface area (Å²) in [4.78, 5) is 15.8. The highest BCUT2D eigenvalue weighted by molar-refractivity contribution is 7.99. The molecule has 1 fully saturated rings. The number of rotatable bonds is 8. The number of nitrogens with two attached hydrogens (primary N) is 1. The van der Waals surface area contributed by atoms with Crippen LogP contribution in [0.25, 0.3) is 0 Å². The monoisotopic (exact) mass is 466 g/mol. The van der Waals surface area contributed by atoms with Crippen LogP contribution in [-0.2, 0) is 22.6 Å². The first-order chi connectivity index (χ1) is 16.1. The smallest absolute Gasteiger partial charge is 0.338 e. The lowest BCUT2D eigenvalue weighted by Gasteiger charge is -2.36. The van der Waals surface area contributed by atoms with Crippen molar-refractivity contribution in [3.63, 3.8) is 0 Å². The Balaban J connectivity index is 1.55. The van der Waals surface area contributed by atoms with E-state index in [9.17, 15) is 15.0 Å².